The fourth-order valence-corrected chi connectivity index (χ4v) is 0.543. The minimum atomic E-state index is -1.22. The Bertz CT molecular complexity index is 157. The van der Waals surface area contributed by atoms with Crippen LogP contribution in [0.2, 0.25) is 0 Å². The summed E-state index contributed by atoms with van der Waals surface area (Å²) in [4.78, 5) is 20.5. The van der Waals surface area contributed by atoms with E-state index >= 15 is 0 Å². The molecule has 0 saturated heterocycles. The minimum absolute atomic E-state index is 0.0506. The zero-order valence-electron chi connectivity index (χ0n) is 6.20. The first-order valence-electron chi connectivity index (χ1n) is 3.11. The number of aliphatic carboxylic acids is 1. The number of nitrogens with two attached hydrogens (primary N) is 1. The van der Waals surface area contributed by atoms with Crippen LogP contribution >= 0.6 is 0 Å². The molecule has 1 atom stereocenters. The summed E-state index contributed by atoms with van der Waals surface area (Å²) in [7, 11) is 1.20. The number of methoxy groups -OCH3 is 1. The van der Waals surface area contributed by atoms with Crippen LogP contribution in [0.4, 0.5) is 0 Å². The van der Waals surface area contributed by atoms with Crippen LogP contribution in [0, 0.1) is 0 Å². The summed E-state index contributed by atoms with van der Waals surface area (Å²) < 4.78 is 4.27. The van der Waals surface area contributed by atoms with Crippen molar-refractivity contribution in [2.24, 2.45) is 5.73 Å². The number of carboxylic acids is 1. The van der Waals surface area contributed by atoms with Crippen molar-refractivity contribution in [2.75, 3.05) is 7.11 Å². The van der Waals surface area contributed by atoms with Crippen molar-refractivity contribution in [1.29, 1.82) is 0 Å². The molecule has 0 spiro atoms. The van der Waals surface area contributed by atoms with Gasteiger partial charge >= 0.3 is 5.97 Å². The minimum Gasteiger partial charge on any atom is -0.550 e. The van der Waals surface area contributed by atoms with E-state index in [2.05, 4.69) is 4.74 Å². The molecule has 5 heteroatoms. The van der Waals surface area contributed by atoms with Gasteiger partial charge in [-0.05, 0) is 12.8 Å². The van der Waals surface area contributed by atoms with Gasteiger partial charge in [0.05, 0.1) is 7.11 Å². The maximum Gasteiger partial charge on any atom is 0.322 e. The average molecular weight is 160 g/mol. The highest BCUT2D eigenvalue weighted by Crippen LogP contribution is 1.94. The van der Waals surface area contributed by atoms with Gasteiger partial charge < -0.3 is 20.4 Å². The van der Waals surface area contributed by atoms with Crippen molar-refractivity contribution < 1.29 is 19.4 Å². The molecule has 0 heterocycles. The summed E-state index contributed by atoms with van der Waals surface area (Å²) in [5.74, 6) is -1.82. The number of carboxylic acid groups (broad SMARTS) is 1. The molecule has 0 saturated carbocycles. The van der Waals surface area contributed by atoms with Crippen LogP contribution in [0.15, 0.2) is 0 Å². The Balaban J connectivity index is 3.60. The highest BCUT2D eigenvalue weighted by atomic mass is 16.5. The molecule has 2 N–H and O–H groups in total. The Hall–Kier alpha value is -1.10. The highest BCUT2D eigenvalue weighted by molar-refractivity contribution is 5.76. The lowest BCUT2D eigenvalue weighted by molar-refractivity contribution is -0.305. The molecule has 5 nitrogen and oxygen atoms in total. The molecule has 0 unspecified atom stereocenters. The van der Waals surface area contributed by atoms with Gasteiger partial charge in [0.15, 0.2) is 0 Å². The molecule has 11 heavy (non-hydrogen) atoms. The number of hydrogen-bond donors (Lipinski definition) is 1. The number of hydrogen-bond acceptors (Lipinski definition) is 5. The molecule has 0 bridgehead atoms. The molecular weight excluding hydrogens is 150 g/mol. The fourth-order valence-electron chi connectivity index (χ4n) is 0.543. The summed E-state index contributed by atoms with van der Waals surface area (Å²) in [5, 5.41) is 9.90. The van der Waals surface area contributed by atoms with Crippen molar-refractivity contribution in [1.82, 2.24) is 0 Å². The van der Waals surface area contributed by atoms with Gasteiger partial charge in [0.1, 0.15) is 6.04 Å². The first-order chi connectivity index (χ1) is 5.07. The Kier molecular flexibility index (Phi) is 4.21. The molecule has 0 aliphatic heterocycles. The smallest absolute Gasteiger partial charge is 0.322 e. The summed E-state index contributed by atoms with van der Waals surface area (Å²) in [6.45, 7) is 0. The Morgan fingerprint density at radius 3 is 2.55 bits per heavy atom. The van der Waals surface area contributed by atoms with Crippen LogP contribution in [-0.2, 0) is 14.3 Å². The van der Waals surface area contributed by atoms with Gasteiger partial charge in [-0.1, -0.05) is 0 Å². The van der Waals surface area contributed by atoms with Gasteiger partial charge in [0, 0.05) is 5.97 Å². The molecular formula is C6H10NO4-. The lowest BCUT2D eigenvalue weighted by atomic mass is 10.2. The third-order valence-corrected chi connectivity index (χ3v) is 1.16. The number of rotatable bonds is 4. The average Bonchev–Trinajstić information content (AvgIpc) is 1.98. The van der Waals surface area contributed by atoms with Crippen LogP contribution in [0.25, 0.3) is 0 Å². The van der Waals surface area contributed by atoms with E-state index in [-0.39, 0.29) is 12.8 Å². The van der Waals surface area contributed by atoms with Crippen LogP contribution in [0.3, 0.4) is 0 Å². The summed E-state index contributed by atoms with van der Waals surface area (Å²) in [6.07, 6.45) is -0.175. The van der Waals surface area contributed by atoms with Crippen molar-refractivity contribution >= 4 is 11.9 Å². The van der Waals surface area contributed by atoms with Gasteiger partial charge in [-0.15, -0.1) is 0 Å². The Morgan fingerprint density at radius 1 is 1.64 bits per heavy atom. The molecule has 0 fully saturated rings. The molecule has 0 aromatic heterocycles. The molecule has 0 radical (unpaired) electrons. The maximum atomic E-state index is 10.6. The summed E-state index contributed by atoms with van der Waals surface area (Å²) in [6, 6.07) is -0.863. The van der Waals surface area contributed by atoms with Gasteiger partial charge in [0.2, 0.25) is 0 Å². The van der Waals surface area contributed by atoms with Crippen molar-refractivity contribution in [3.8, 4) is 0 Å². The van der Waals surface area contributed by atoms with Crippen molar-refractivity contribution in [2.45, 2.75) is 18.9 Å². The van der Waals surface area contributed by atoms with E-state index in [1.165, 1.54) is 7.11 Å². The lowest BCUT2D eigenvalue weighted by Crippen LogP contribution is -2.34. The van der Waals surface area contributed by atoms with Crippen LogP contribution in [0.5, 0.6) is 0 Å². The molecule has 0 amide bonds. The monoisotopic (exact) mass is 160 g/mol. The SMILES string of the molecule is COC(=O)[C@H](N)CCC(=O)[O-]. The summed E-state index contributed by atoms with van der Waals surface area (Å²) in [5.41, 5.74) is 5.21. The standard InChI is InChI=1S/C6H11NO4/c1-11-6(10)4(7)2-3-5(8)9/h4H,2-3,7H2,1H3,(H,8,9)/p-1/t4-/m1/s1. The number of ether oxygens (including phenoxy) is 1. The topological polar surface area (TPSA) is 92.5 Å². The third kappa shape index (κ3) is 4.32. The second kappa shape index (κ2) is 4.68. The van der Waals surface area contributed by atoms with E-state index in [0.29, 0.717) is 0 Å². The van der Waals surface area contributed by atoms with Crippen LogP contribution in [-0.4, -0.2) is 25.1 Å². The zero-order valence-corrected chi connectivity index (χ0v) is 6.20. The Labute approximate surface area is 64.1 Å². The molecule has 0 aliphatic rings. The van der Waals surface area contributed by atoms with E-state index < -0.39 is 18.0 Å². The molecule has 0 rings (SSSR count). The lowest BCUT2D eigenvalue weighted by Gasteiger charge is -2.08. The predicted octanol–water partition coefficient (Wildman–Crippen LogP) is -1.98. The quantitative estimate of drug-likeness (QED) is 0.481. The van der Waals surface area contributed by atoms with Gasteiger partial charge in [-0.25, -0.2) is 0 Å². The number of esters is 1. The molecule has 0 aliphatic carbocycles. The molecule has 0 aromatic rings. The van der Waals surface area contributed by atoms with Crippen LogP contribution in [0.1, 0.15) is 12.8 Å². The number of carbonyl (C=O) groups is 2. The van der Waals surface area contributed by atoms with Gasteiger partial charge in [0.25, 0.3) is 0 Å². The van der Waals surface area contributed by atoms with E-state index in [4.69, 9.17) is 5.73 Å². The predicted molar refractivity (Wildman–Crippen MR) is 34.2 cm³/mol. The third-order valence-electron chi connectivity index (χ3n) is 1.16. The largest absolute Gasteiger partial charge is 0.550 e. The number of carbonyl (C=O) groups excluding carboxylic acids is 2. The second-order valence-corrected chi connectivity index (χ2v) is 2.04. The molecule has 64 valence electrons. The van der Waals surface area contributed by atoms with E-state index in [1.54, 1.807) is 0 Å². The Morgan fingerprint density at radius 2 is 2.18 bits per heavy atom. The maximum absolute atomic E-state index is 10.6. The molecule has 0 aromatic carbocycles. The first kappa shape index (κ1) is 9.90. The van der Waals surface area contributed by atoms with Crippen molar-refractivity contribution in [3.05, 3.63) is 0 Å². The highest BCUT2D eigenvalue weighted by Gasteiger charge is 2.12. The van der Waals surface area contributed by atoms with E-state index in [0.717, 1.165) is 0 Å². The van der Waals surface area contributed by atoms with E-state index in [1.807, 2.05) is 0 Å². The summed E-state index contributed by atoms with van der Waals surface area (Å²) >= 11 is 0. The van der Waals surface area contributed by atoms with Crippen LogP contribution < -0.4 is 10.8 Å². The van der Waals surface area contributed by atoms with Gasteiger partial charge in [-0.3, -0.25) is 4.79 Å². The van der Waals surface area contributed by atoms with Gasteiger partial charge in [-0.2, -0.15) is 0 Å². The fraction of sp³-hybridized carbons (Fsp3) is 0.667. The first-order valence-corrected chi connectivity index (χ1v) is 3.11. The zero-order chi connectivity index (χ0) is 8.85. The normalized spacial score (nSPS) is 12.2. The second-order valence-electron chi connectivity index (χ2n) is 2.04. The van der Waals surface area contributed by atoms with Crippen molar-refractivity contribution in [3.63, 3.8) is 0 Å². The van der Waals surface area contributed by atoms with E-state index in [9.17, 15) is 14.7 Å².